The van der Waals surface area contributed by atoms with Crippen molar-refractivity contribution in [3.05, 3.63) is 71.9 Å². The number of allylic oxidation sites excluding steroid dienone is 2. The molecular formula is C22H23NO4S. The van der Waals surface area contributed by atoms with Crippen molar-refractivity contribution in [2.24, 2.45) is 11.8 Å². The summed E-state index contributed by atoms with van der Waals surface area (Å²) in [6.45, 7) is 0.206. The summed E-state index contributed by atoms with van der Waals surface area (Å²) in [5.74, 6) is 0.613. The third-order valence-electron chi connectivity index (χ3n) is 5.54. The van der Waals surface area contributed by atoms with Gasteiger partial charge in [-0.1, -0.05) is 36.4 Å². The number of hydrogen-bond acceptors (Lipinski definition) is 4. The largest absolute Gasteiger partial charge is 0.497 e. The molecule has 0 amide bonds. The Morgan fingerprint density at radius 2 is 1.79 bits per heavy atom. The van der Waals surface area contributed by atoms with Gasteiger partial charge in [0, 0.05) is 12.1 Å². The van der Waals surface area contributed by atoms with Gasteiger partial charge in [-0.2, -0.15) is 0 Å². The number of nitrogens with zero attached hydrogens (tertiary/aromatic N) is 1. The molecule has 2 aromatic carbocycles. The second kappa shape index (κ2) is 7.43. The Labute approximate surface area is 165 Å². The molecule has 146 valence electrons. The quantitative estimate of drug-likeness (QED) is 0.744. The molecule has 0 unspecified atom stereocenters. The molecule has 4 rings (SSSR count). The van der Waals surface area contributed by atoms with Crippen LogP contribution in [0.3, 0.4) is 0 Å². The van der Waals surface area contributed by atoms with Crippen LogP contribution in [0.15, 0.2) is 71.3 Å². The number of ether oxygens (including phenoxy) is 1. The van der Waals surface area contributed by atoms with Gasteiger partial charge in [0.15, 0.2) is 0 Å². The van der Waals surface area contributed by atoms with Gasteiger partial charge in [-0.05, 0) is 48.6 Å². The van der Waals surface area contributed by atoms with Gasteiger partial charge < -0.3 is 4.74 Å². The van der Waals surface area contributed by atoms with Gasteiger partial charge in [0.25, 0.3) is 10.0 Å². The van der Waals surface area contributed by atoms with Crippen molar-refractivity contribution in [2.75, 3.05) is 7.11 Å². The SMILES string of the molecule is COc1ccc(S(=O)(=O)N(Cc2ccccc2)C2=C[C@H]3CCCC(=O)[C@@H]23)cc1. The molecule has 0 heterocycles. The lowest BCUT2D eigenvalue weighted by Crippen LogP contribution is -2.45. The van der Waals surface area contributed by atoms with Crippen molar-refractivity contribution in [1.82, 2.24) is 4.31 Å². The summed E-state index contributed by atoms with van der Waals surface area (Å²) in [5, 5.41) is 0. The first-order valence-electron chi connectivity index (χ1n) is 9.46. The lowest BCUT2D eigenvalue weighted by Gasteiger charge is -2.43. The van der Waals surface area contributed by atoms with Crippen LogP contribution in [0.5, 0.6) is 5.75 Å². The molecule has 2 aromatic rings. The molecule has 2 atom stereocenters. The van der Waals surface area contributed by atoms with E-state index in [0.717, 1.165) is 18.4 Å². The Balaban J connectivity index is 1.73. The number of fused-ring (bicyclic) bond motifs is 1. The third kappa shape index (κ3) is 3.33. The number of Topliss-reactive ketones (excluding diaryl/α,β-unsaturated/α-hetero) is 1. The van der Waals surface area contributed by atoms with Crippen LogP contribution in [-0.2, 0) is 21.4 Å². The summed E-state index contributed by atoms with van der Waals surface area (Å²) in [5.41, 5.74) is 1.50. The fourth-order valence-corrected chi connectivity index (χ4v) is 5.52. The Kier molecular flexibility index (Phi) is 4.98. The topological polar surface area (TPSA) is 63.7 Å². The van der Waals surface area contributed by atoms with Crippen LogP contribution in [0.2, 0.25) is 0 Å². The monoisotopic (exact) mass is 397 g/mol. The third-order valence-corrected chi connectivity index (χ3v) is 7.33. The van der Waals surface area contributed by atoms with E-state index < -0.39 is 10.0 Å². The smallest absolute Gasteiger partial charge is 0.264 e. The standard InChI is InChI=1S/C22H23NO4S/c1-27-18-10-12-19(13-11-18)28(25,26)23(15-16-6-3-2-4-7-16)20-14-17-8-5-9-21(24)22(17)20/h2-4,6-7,10-14,17,22H,5,8-9,15H2,1H3/t17-,22-/m1/s1. The molecule has 0 radical (unpaired) electrons. The van der Waals surface area contributed by atoms with E-state index in [4.69, 9.17) is 4.74 Å². The van der Waals surface area contributed by atoms with Gasteiger partial charge in [0.05, 0.1) is 24.5 Å². The second-order valence-corrected chi connectivity index (χ2v) is 9.13. The van der Waals surface area contributed by atoms with Gasteiger partial charge in [-0.15, -0.1) is 0 Å². The number of methoxy groups -OCH3 is 1. The highest BCUT2D eigenvalue weighted by atomic mass is 32.2. The summed E-state index contributed by atoms with van der Waals surface area (Å²) in [7, 11) is -2.26. The molecule has 5 nitrogen and oxygen atoms in total. The first kappa shape index (κ1) is 18.7. The van der Waals surface area contributed by atoms with E-state index in [0.29, 0.717) is 17.9 Å². The lowest BCUT2D eigenvalue weighted by atomic mass is 9.68. The second-order valence-electron chi connectivity index (χ2n) is 7.26. The minimum Gasteiger partial charge on any atom is -0.497 e. The van der Waals surface area contributed by atoms with Gasteiger partial charge in [0.1, 0.15) is 11.5 Å². The van der Waals surface area contributed by atoms with Crippen molar-refractivity contribution in [3.63, 3.8) is 0 Å². The van der Waals surface area contributed by atoms with Crippen LogP contribution in [0.25, 0.3) is 0 Å². The number of carbonyl (C=O) groups excluding carboxylic acids is 1. The zero-order valence-electron chi connectivity index (χ0n) is 15.7. The number of sulfonamides is 1. The molecule has 6 heteroatoms. The maximum absolute atomic E-state index is 13.5. The Bertz CT molecular complexity index is 997. The summed E-state index contributed by atoms with van der Waals surface area (Å²) in [6.07, 6.45) is 4.32. The van der Waals surface area contributed by atoms with E-state index in [2.05, 4.69) is 0 Å². The molecule has 0 saturated heterocycles. The average molecular weight is 397 g/mol. The molecule has 0 N–H and O–H groups in total. The fraction of sp³-hybridized carbons (Fsp3) is 0.318. The molecular weight excluding hydrogens is 374 g/mol. The van der Waals surface area contributed by atoms with Crippen molar-refractivity contribution in [3.8, 4) is 5.75 Å². The van der Waals surface area contributed by atoms with Crippen LogP contribution >= 0.6 is 0 Å². The van der Waals surface area contributed by atoms with Gasteiger partial charge >= 0.3 is 0 Å². The Hall–Kier alpha value is -2.60. The molecule has 0 spiro atoms. The van der Waals surface area contributed by atoms with Crippen molar-refractivity contribution < 1.29 is 17.9 Å². The van der Waals surface area contributed by atoms with E-state index in [1.165, 1.54) is 4.31 Å². The summed E-state index contributed by atoms with van der Waals surface area (Å²) in [4.78, 5) is 12.7. The van der Waals surface area contributed by atoms with Crippen LogP contribution in [0.4, 0.5) is 0 Å². The van der Waals surface area contributed by atoms with Crippen LogP contribution < -0.4 is 4.74 Å². The highest BCUT2D eigenvalue weighted by molar-refractivity contribution is 7.89. The molecule has 2 aliphatic rings. The first-order chi connectivity index (χ1) is 13.5. The molecule has 1 saturated carbocycles. The summed E-state index contributed by atoms with van der Waals surface area (Å²) in [6, 6.07) is 15.8. The minimum absolute atomic E-state index is 0.150. The van der Waals surface area contributed by atoms with E-state index in [1.54, 1.807) is 31.4 Å². The van der Waals surface area contributed by atoms with E-state index in [-0.39, 0.29) is 29.1 Å². The molecule has 0 aromatic heterocycles. The number of rotatable bonds is 6. The summed E-state index contributed by atoms with van der Waals surface area (Å²) < 4.78 is 33.5. The highest BCUT2D eigenvalue weighted by Crippen LogP contribution is 2.45. The molecule has 0 bridgehead atoms. The first-order valence-corrected chi connectivity index (χ1v) is 10.9. The van der Waals surface area contributed by atoms with E-state index in [1.807, 2.05) is 36.4 Å². The maximum atomic E-state index is 13.5. The lowest BCUT2D eigenvalue weighted by molar-refractivity contribution is -0.126. The molecule has 28 heavy (non-hydrogen) atoms. The Morgan fingerprint density at radius 3 is 2.43 bits per heavy atom. The predicted molar refractivity (Wildman–Crippen MR) is 106 cm³/mol. The minimum atomic E-state index is -3.80. The Morgan fingerprint density at radius 1 is 1.07 bits per heavy atom. The molecule has 0 aliphatic heterocycles. The van der Waals surface area contributed by atoms with Gasteiger partial charge in [-0.3, -0.25) is 9.10 Å². The van der Waals surface area contributed by atoms with E-state index in [9.17, 15) is 13.2 Å². The molecule has 1 fully saturated rings. The van der Waals surface area contributed by atoms with Crippen molar-refractivity contribution in [2.45, 2.75) is 30.7 Å². The van der Waals surface area contributed by atoms with Crippen LogP contribution in [-0.4, -0.2) is 25.6 Å². The van der Waals surface area contributed by atoms with Crippen molar-refractivity contribution >= 4 is 15.8 Å². The fourth-order valence-electron chi connectivity index (χ4n) is 4.02. The van der Waals surface area contributed by atoms with Gasteiger partial charge in [-0.25, -0.2) is 8.42 Å². The molecule has 2 aliphatic carbocycles. The predicted octanol–water partition coefficient (Wildman–Crippen LogP) is 3.77. The van der Waals surface area contributed by atoms with Crippen LogP contribution in [0.1, 0.15) is 24.8 Å². The van der Waals surface area contributed by atoms with E-state index >= 15 is 0 Å². The number of carbonyl (C=O) groups is 1. The highest BCUT2D eigenvalue weighted by Gasteiger charge is 2.45. The number of hydrogen-bond donors (Lipinski definition) is 0. The zero-order valence-corrected chi connectivity index (χ0v) is 16.6. The average Bonchev–Trinajstić information content (AvgIpc) is 2.69. The van der Waals surface area contributed by atoms with Crippen LogP contribution in [0, 0.1) is 11.8 Å². The summed E-state index contributed by atoms with van der Waals surface area (Å²) >= 11 is 0. The maximum Gasteiger partial charge on any atom is 0.264 e. The van der Waals surface area contributed by atoms with Crippen molar-refractivity contribution in [1.29, 1.82) is 0 Å². The number of benzene rings is 2. The van der Waals surface area contributed by atoms with Gasteiger partial charge in [0.2, 0.25) is 0 Å². The number of ketones is 1. The normalized spacial score (nSPS) is 21.3. The zero-order chi connectivity index (χ0) is 19.7.